The molecule has 0 fully saturated rings. The van der Waals surface area contributed by atoms with Crippen LogP contribution in [0.25, 0.3) is 44.3 Å². The number of aromatic nitrogens is 1. The molecule has 12 aromatic rings. The van der Waals surface area contributed by atoms with Gasteiger partial charge in [0, 0.05) is 84.6 Å². The van der Waals surface area contributed by atoms with Crippen LogP contribution in [0, 0.1) is 0 Å². The molecule has 82 heavy (non-hydrogen) atoms. The largest absolute Gasteiger partial charge is 0.455 e. The summed E-state index contributed by atoms with van der Waals surface area (Å²) < 4.78 is 9.89. The van der Waals surface area contributed by atoms with Gasteiger partial charge in [-0.15, -0.1) is 0 Å². The molecular weight excluding hydrogens is 1020 g/mol. The maximum Gasteiger partial charge on any atom is 0.332 e. The lowest BCUT2D eigenvalue weighted by atomic mass is 9.44. The molecule has 1 aromatic heterocycles. The second-order valence-corrected chi connectivity index (χ2v) is 24.7. The topological polar surface area (TPSA) is 23.9 Å². The van der Waals surface area contributed by atoms with Crippen molar-refractivity contribution >= 4 is 91.6 Å². The number of hydrogen-bond donors (Lipinski definition) is 0. The van der Waals surface area contributed by atoms with E-state index in [0.717, 1.165) is 78.0 Å². The van der Waals surface area contributed by atoms with Crippen LogP contribution in [0.1, 0.15) is 51.4 Å². The van der Waals surface area contributed by atoms with Crippen molar-refractivity contribution < 1.29 is 4.74 Å². The average molecular weight is 1070 g/mol. The molecule has 4 heterocycles. The van der Waals surface area contributed by atoms with E-state index in [2.05, 4.69) is 309 Å². The summed E-state index contributed by atoms with van der Waals surface area (Å²) in [5.74, 6) is 1.73. The van der Waals surface area contributed by atoms with E-state index in [-0.39, 0.29) is 17.7 Å². The van der Waals surface area contributed by atoms with Crippen molar-refractivity contribution in [1.82, 2.24) is 4.48 Å². The van der Waals surface area contributed by atoms with Crippen molar-refractivity contribution in [2.24, 2.45) is 0 Å². The van der Waals surface area contributed by atoms with Gasteiger partial charge in [0.15, 0.2) is 0 Å². The van der Waals surface area contributed by atoms with Gasteiger partial charge in [0.25, 0.3) is 0 Å². The predicted octanol–water partition coefficient (Wildman–Crippen LogP) is 19.5. The van der Waals surface area contributed by atoms with E-state index in [1.54, 1.807) is 11.8 Å². The number of ether oxygens (including phenoxy) is 1. The van der Waals surface area contributed by atoms with Crippen LogP contribution in [0.2, 0.25) is 0 Å². The lowest BCUT2D eigenvalue weighted by molar-refractivity contribution is 0.455. The highest BCUT2D eigenvalue weighted by atomic mass is 32.2. The van der Waals surface area contributed by atoms with Crippen LogP contribution in [0.15, 0.2) is 265 Å². The van der Waals surface area contributed by atoms with Gasteiger partial charge >= 0.3 is 6.85 Å². The molecule has 0 bridgehead atoms. The summed E-state index contributed by atoms with van der Waals surface area (Å²) in [5.41, 5.74) is 24.4. The number of anilines is 9. The van der Waals surface area contributed by atoms with Crippen molar-refractivity contribution in [3.8, 4) is 44.9 Å². The molecule has 7 heteroatoms. The van der Waals surface area contributed by atoms with E-state index in [1.165, 1.54) is 66.5 Å². The Bertz CT molecular complexity index is 4460. The molecule has 16 rings (SSSR count). The van der Waals surface area contributed by atoms with Crippen molar-refractivity contribution in [2.45, 2.75) is 55.2 Å². The van der Waals surface area contributed by atoms with Crippen LogP contribution in [0.3, 0.4) is 0 Å². The minimum absolute atomic E-state index is 0.0981. The van der Waals surface area contributed by atoms with Gasteiger partial charge in [-0.1, -0.05) is 198 Å². The molecular formula is C75H57BN4OS. The van der Waals surface area contributed by atoms with E-state index in [1.807, 2.05) is 0 Å². The third kappa shape index (κ3) is 7.28. The maximum atomic E-state index is 7.09. The first-order valence-corrected chi connectivity index (χ1v) is 29.3. The quantitative estimate of drug-likeness (QED) is 0.141. The summed E-state index contributed by atoms with van der Waals surface area (Å²) in [6.07, 6.45) is 0. The van der Waals surface area contributed by atoms with E-state index >= 15 is 0 Å². The van der Waals surface area contributed by atoms with Crippen molar-refractivity contribution in [2.75, 3.05) is 14.7 Å². The van der Waals surface area contributed by atoms with Gasteiger partial charge in [-0.25, -0.2) is 0 Å². The Balaban J connectivity index is 1.09. The van der Waals surface area contributed by atoms with Crippen LogP contribution in [-0.2, 0) is 10.8 Å². The first kappa shape index (κ1) is 48.5. The van der Waals surface area contributed by atoms with E-state index in [0.29, 0.717) is 0 Å². The minimum atomic E-state index is -0.385. The molecule has 4 aliphatic rings. The molecule has 0 N–H and O–H groups in total. The van der Waals surface area contributed by atoms with Crippen molar-refractivity contribution in [3.05, 3.63) is 272 Å². The SMILES string of the molecule is CC(C)(C)c1ccc(N2c3cc4c(cc3B3c5c(cc(N(c6ccccc6)c6ccccc6)cc52)-c2ccc(N(c5ccccc5)c5ccccc5)c5c6c(n3c25)C(C)(C)c2ccccc2-6)Sc2ccccc2O4)c(-c2ccccc2)c1. The molecule has 11 aromatic carbocycles. The molecule has 0 amide bonds. The van der Waals surface area contributed by atoms with Gasteiger partial charge in [0.2, 0.25) is 0 Å². The lowest BCUT2D eigenvalue weighted by Gasteiger charge is -2.43. The van der Waals surface area contributed by atoms with Gasteiger partial charge in [0.1, 0.15) is 11.5 Å². The van der Waals surface area contributed by atoms with Gasteiger partial charge in [-0.3, -0.25) is 0 Å². The monoisotopic (exact) mass is 1070 g/mol. The zero-order valence-electron chi connectivity index (χ0n) is 46.4. The number of hydrogen-bond acceptors (Lipinski definition) is 5. The Hall–Kier alpha value is -9.43. The molecule has 0 unspecified atom stereocenters. The van der Waals surface area contributed by atoms with Crippen LogP contribution in [0.4, 0.5) is 51.2 Å². The summed E-state index contributed by atoms with van der Waals surface area (Å²) in [6, 6.07) is 94.1. The highest BCUT2D eigenvalue weighted by molar-refractivity contribution is 7.99. The number of nitrogens with zero attached hydrogens (tertiary/aromatic N) is 4. The molecule has 0 saturated heterocycles. The second kappa shape index (κ2) is 18.3. The van der Waals surface area contributed by atoms with Crippen molar-refractivity contribution in [1.29, 1.82) is 0 Å². The standard InChI is InChI=1S/C75H57BN4OS/c1-74(2,3)49-39-41-61(57(43-49)48-25-11-6-12-26-48)79-63-47-66-68(82-67-38-24-23-37-65(67)81-66)46-60(63)76-71-58(44-54(45-64(71)79)77(50-27-13-7-14-28-50)51-29-15-8-16-30-51)55-40-42-62(78(52-31-17-9-18-32-52)53-33-19-10-20-34-53)70-69-56-35-21-22-36-59(56)75(4,5)73(69)80(76)72(55)70/h6-47H,1-5H3. The highest BCUT2D eigenvalue weighted by Gasteiger charge is 2.50. The van der Waals surface area contributed by atoms with Crippen molar-refractivity contribution in [3.63, 3.8) is 0 Å². The number of benzene rings is 11. The Kier molecular flexibility index (Phi) is 10.8. The number of para-hydroxylation sites is 5. The van der Waals surface area contributed by atoms with Crippen LogP contribution in [0.5, 0.6) is 11.5 Å². The van der Waals surface area contributed by atoms with Crippen LogP contribution in [-0.4, -0.2) is 11.3 Å². The summed E-state index contributed by atoms with van der Waals surface area (Å²) >= 11 is 1.81. The van der Waals surface area contributed by atoms with Gasteiger partial charge in [-0.2, -0.15) is 0 Å². The molecule has 5 nitrogen and oxygen atoms in total. The molecule has 0 atom stereocenters. The summed E-state index contributed by atoms with van der Waals surface area (Å²) in [5, 5.41) is 1.25. The molecule has 1 aliphatic carbocycles. The first-order valence-electron chi connectivity index (χ1n) is 28.5. The zero-order valence-corrected chi connectivity index (χ0v) is 47.2. The third-order valence-corrected chi connectivity index (χ3v) is 18.6. The summed E-state index contributed by atoms with van der Waals surface area (Å²) in [4.78, 5) is 9.73. The Morgan fingerprint density at radius 3 is 1.72 bits per heavy atom. The van der Waals surface area contributed by atoms with Gasteiger partial charge in [-0.05, 0) is 141 Å². The van der Waals surface area contributed by atoms with E-state index in [9.17, 15) is 0 Å². The fourth-order valence-electron chi connectivity index (χ4n) is 13.8. The molecule has 0 spiro atoms. The lowest BCUT2D eigenvalue weighted by Crippen LogP contribution is -2.58. The zero-order chi connectivity index (χ0) is 55.0. The third-order valence-electron chi connectivity index (χ3n) is 17.5. The Labute approximate surface area is 484 Å². The van der Waals surface area contributed by atoms with E-state index < -0.39 is 0 Å². The van der Waals surface area contributed by atoms with Gasteiger partial charge in [0.05, 0.1) is 21.2 Å². The fraction of sp³-hybridized carbons (Fsp3) is 0.0933. The average Bonchev–Trinajstić information content (AvgIpc) is 1.51. The highest BCUT2D eigenvalue weighted by Crippen LogP contribution is 2.60. The first-order chi connectivity index (χ1) is 40.1. The maximum absolute atomic E-state index is 7.09. The summed E-state index contributed by atoms with van der Waals surface area (Å²) in [6.45, 7) is 11.6. The number of rotatable bonds is 8. The minimum Gasteiger partial charge on any atom is -0.455 e. The smallest absolute Gasteiger partial charge is 0.332 e. The molecule has 0 radical (unpaired) electrons. The van der Waals surface area contributed by atoms with Crippen LogP contribution >= 0.6 is 11.8 Å². The normalized spacial score (nSPS) is 13.8. The Morgan fingerprint density at radius 2 is 1.06 bits per heavy atom. The molecule has 0 saturated carbocycles. The second-order valence-electron chi connectivity index (χ2n) is 23.7. The Morgan fingerprint density at radius 1 is 0.463 bits per heavy atom. The van der Waals surface area contributed by atoms with E-state index in [4.69, 9.17) is 4.74 Å². The molecule has 3 aliphatic heterocycles. The number of fused-ring (bicyclic) bond motifs is 11. The van der Waals surface area contributed by atoms with Gasteiger partial charge < -0.3 is 23.9 Å². The molecule has 392 valence electrons. The summed E-state index contributed by atoms with van der Waals surface area (Å²) in [7, 11) is 0. The predicted molar refractivity (Wildman–Crippen MR) is 344 cm³/mol. The van der Waals surface area contributed by atoms with Crippen LogP contribution < -0.4 is 30.4 Å². The fourth-order valence-corrected chi connectivity index (χ4v) is 14.8.